The van der Waals surface area contributed by atoms with Crippen LogP contribution in [0.15, 0.2) is 18.2 Å². The van der Waals surface area contributed by atoms with Crippen molar-refractivity contribution in [1.82, 2.24) is 5.32 Å². The van der Waals surface area contributed by atoms with E-state index in [1.54, 1.807) is 12.1 Å². The van der Waals surface area contributed by atoms with Crippen molar-refractivity contribution in [3.05, 3.63) is 35.1 Å². The number of hydrogen-bond acceptors (Lipinski definition) is 1. The van der Waals surface area contributed by atoms with E-state index in [4.69, 9.17) is 0 Å². The quantitative estimate of drug-likeness (QED) is 0.842. The van der Waals surface area contributed by atoms with Crippen LogP contribution in [0, 0.1) is 18.7 Å². The molecule has 0 spiro atoms. The lowest BCUT2D eigenvalue weighted by Gasteiger charge is -2.13. The molecule has 1 nitrogen and oxygen atoms in total. The van der Waals surface area contributed by atoms with E-state index in [1.807, 2.05) is 6.07 Å². The Morgan fingerprint density at radius 3 is 2.94 bits per heavy atom. The molecule has 0 bridgehead atoms. The molecule has 2 rings (SSSR count). The van der Waals surface area contributed by atoms with Gasteiger partial charge in [0.05, 0.1) is 0 Å². The summed E-state index contributed by atoms with van der Waals surface area (Å²) in [6.45, 7) is 5.28. The van der Waals surface area contributed by atoms with Gasteiger partial charge in [-0.05, 0) is 68.3 Å². The van der Waals surface area contributed by atoms with Gasteiger partial charge in [-0.2, -0.15) is 0 Å². The van der Waals surface area contributed by atoms with E-state index in [-0.39, 0.29) is 5.82 Å². The number of aryl methyl sites for hydroxylation is 1. The van der Waals surface area contributed by atoms with Gasteiger partial charge in [-0.3, -0.25) is 0 Å². The Bertz CT molecular complexity index is 375. The van der Waals surface area contributed by atoms with Gasteiger partial charge in [-0.15, -0.1) is 0 Å². The molecule has 1 fully saturated rings. The van der Waals surface area contributed by atoms with Crippen molar-refractivity contribution in [2.45, 2.75) is 45.6 Å². The van der Waals surface area contributed by atoms with E-state index in [1.165, 1.54) is 30.4 Å². The van der Waals surface area contributed by atoms with E-state index < -0.39 is 0 Å². The summed E-state index contributed by atoms with van der Waals surface area (Å²) in [4.78, 5) is 0. The number of hydrogen-bond donors (Lipinski definition) is 1. The number of benzene rings is 1. The highest BCUT2D eigenvalue weighted by atomic mass is 19.1. The molecule has 0 aliphatic heterocycles. The normalized spacial score (nSPS) is 24.2. The molecule has 2 atom stereocenters. The predicted octanol–water partition coefficient (Wildman–Crippen LogP) is 3.45. The first kappa shape index (κ1) is 12.6. The van der Waals surface area contributed by atoms with Crippen LogP contribution in [0.1, 0.15) is 37.3 Å². The highest BCUT2D eigenvalue weighted by Crippen LogP contribution is 2.29. The lowest BCUT2D eigenvalue weighted by Crippen LogP contribution is -2.25. The smallest absolute Gasteiger partial charge is 0.123 e. The van der Waals surface area contributed by atoms with Crippen LogP contribution < -0.4 is 5.32 Å². The molecule has 1 aliphatic carbocycles. The molecule has 2 unspecified atom stereocenters. The van der Waals surface area contributed by atoms with Crippen LogP contribution in [0.3, 0.4) is 0 Å². The zero-order valence-electron chi connectivity index (χ0n) is 10.8. The first-order chi connectivity index (χ1) is 8.19. The molecule has 94 valence electrons. The van der Waals surface area contributed by atoms with Crippen molar-refractivity contribution in [2.24, 2.45) is 5.92 Å². The Hall–Kier alpha value is -0.890. The van der Waals surface area contributed by atoms with Gasteiger partial charge in [-0.25, -0.2) is 4.39 Å². The van der Waals surface area contributed by atoms with Crippen molar-refractivity contribution in [2.75, 3.05) is 6.54 Å². The van der Waals surface area contributed by atoms with Crippen molar-refractivity contribution in [1.29, 1.82) is 0 Å². The summed E-state index contributed by atoms with van der Waals surface area (Å²) in [5.74, 6) is 0.617. The predicted molar refractivity (Wildman–Crippen MR) is 69.6 cm³/mol. The third-order valence-corrected chi connectivity index (χ3v) is 3.85. The molecule has 0 radical (unpaired) electrons. The van der Waals surface area contributed by atoms with Gasteiger partial charge in [0, 0.05) is 6.04 Å². The number of nitrogens with one attached hydrogen (secondary N) is 1. The molecule has 17 heavy (non-hydrogen) atoms. The standard InChI is InChI=1S/C15H22FN/c1-3-17-15-7-5-12(9-15)8-13-10-14(16)6-4-11(13)2/h4,6,10,12,15,17H,3,5,7-9H2,1-2H3. The topological polar surface area (TPSA) is 12.0 Å². The molecule has 0 amide bonds. The summed E-state index contributed by atoms with van der Waals surface area (Å²) >= 11 is 0. The second kappa shape index (κ2) is 5.63. The van der Waals surface area contributed by atoms with Crippen molar-refractivity contribution in [3.63, 3.8) is 0 Å². The lowest BCUT2D eigenvalue weighted by molar-refractivity contribution is 0.492. The molecule has 1 aromatic rings. The largest absolute Gasteiger partial charge is 0.314 e. The SMILES string of the molecule is CCNC1CCC(Cc2cc(F)ccc2C)C1. The molecule has 0 aromatic heterocycles. The van der Waals surface area contributed by atoms with Crippen molar-refractivity contribution in [3.8, 4) is 0 Å². The minimum atomic E-state index is -0.105. The maximum absolute atomic E-state index is 13.2. The molecule has 0 heterocycles. The summed E-state index contributed by atoms with van der Waals surface area (Å²) in [5.41, 5.74) is 2.41. The van der Waals surface area contributed by atoms with Crippen molar-refractivity contribution < 1.29 is 4.39 Å². The second-order valence-corrected chi connectivity index (χ2v) is 5.21. The fourth-order valence-electron chi connectivity index (χ4n) is 2.91. The van der Waals surface area contributed by atoms with Crippen LogP contribution >= 0.6 is 0 Å². The first-order valence-electron chi connectivity index (χ1n) is 6.67. The van der Waals surface area contributed by atoms with Crippen LogP contribution in [-0.4, -0.2) is 12.6 Å². The molecule has 0 saturated heterocycles. The van der Waals surface area contributed by atoms with Crippen LogP contribution in [0.5, 0.6) is 0 Å². The number of rotatable bonds is 4. The summed E-state index contributed by atoms with van der Waals surface area (Å²) in [7, 11) is 0. The zero-order chi connectivity index (χ0) is 12.3. The molecule has 1 saturated carbocycles. The van der Waals surface area contributed by atoms with Crippen LogP contribution in [-0.2, 0) is 6.42 Å². The summed E-state index contributed by atoms with van der Waals surface area (Å²) in [6.07, 6.45) is 4.82. The van der Waals surface area contributed by atoms with Crippen LogP contribution in [0.4, 0.5) is 4.39 Å². The molecule has 1 aromatic carbocycles. The fraction of sp³-hybridized carbons (Fsp3) is 0.600. The highest BCUT2D eigenvalue weighted by molar-refractivity contribution is 5.27. The average Bonchev–Trinajstić information content (AvgIpc) is 2.72. The van der Waals surface area contributed by atoms with E-state index in [0.29, 0.717) is 6.04 Å². The molecular formula is C15H22FN. The summed E-state index contributed by atoms with van der Waals surface area (Å²) < 4.78 is 13.2. The van der Waals surface area contributed by atoms with Gasteiger partial charge < -0.3 is 5.32 Å². The molecule has 2 heteroatoms. The monoisotopic (exact) mass is 235 g/mol. The van der Waals surface area contributed by atoms with E-state index >= 15 is 0 Å². The summed E-state index contributed by atoms with van der Waals surface area (Å²) in [5, 5.41) is 3.51. The Kier molecular flexibility index (Phi) is 4.16. The maximum atomic E-state index is 13.2. The zero-order valence-corrected chi connectivity index (χ0v) is 10.8. The number of halogens is 1. The minimum absolute atomic E-state index is 0.105. The van der Waals surface area contributed by atoms with Crippen LogP contribution in [0.2, 0.25) is 0 Å². The van der Waals surface area contributed by atoms with Gasteiger partial charge in [0.15, 0.2) is 0 Å². The van der Waals surface area contributed by atoms with Gasteiger partial charge in [0.2, 0.25) is 0 Å². The van der Waals surface area contributed by atoms with E-state index in [2.05, 4.69) is 19.2 Å². The molecular weight excluding hydrogens is 213 g/mol. The van der Waals surface area contributed by atoms with Gasteiger partial charge in [-0.1, -0.05) is 13.0 Å². The Balaban J connectivity index is 1.95. The third kappa shape index (κ3) is 3.29. The van der Waals surface area contributed by atoms with Crippen molar-refractivity contribution >= 4 is 0 Å². The van der Waals surface area contributed by atoms with Crippen LogP contribution in [0.25, 0.3) is 0 Å². The maximum Gasteiger partial charge on any atom is 0.123 e. The molecule has 1 N–H and O–H groups in total. The third-order valence-electron chi connectivity index (χ3n) is 3.85. The Labute approximate surface area is 103 Å². The Morgan fingerprint density at radius 1 is 1.35 bits per heavy atom. The van der Waals surface area contributed by atoms with Gasteiger partial charge in [0.25, 0.3) is 0 Å². The van der Waals surface area contributed by atoms with Gasteiger partial charge >= 0.3 is 0 Å². The average molecular weight is 235 g/mol. The second-order valence-electron chi connectivity index (χ2n) is 5.21. The van der Waals surface area contributed by atoms with Gasteiger partial charge in [0.1, 0.15) is 5.82 Å². The van der Waals surface area contributed by atoms with E-state index in [9.17, 15) is 4.39 Å². The summed E-state index contributed by atoms with van der Waals surface area (Å²) in [6, 6.07) is 5.82. The molecule has 1 aliphatic rings. The fourth-order valence-corrected chi connectivity index (χ4v) is 2.91. The Morgan fingerprint density at radius 2 is 2.18 bits per heavy atom. The van der Waals surface area contributed by atoms with E-state index in [0.717, 1.165) is 18.9 Å². The lowest BCUT2D eigenvalue weighted by atomic mass is 9.95. The minimum Gasteiger partial charge on any atom is -0.314 e. The highest BCUT2D eigenvalue weighted by Gasteiger charge is 2.24. The first-order valence-corrected chi connectivity index (χ1v) is 6.67.